The number of hydrogen-bond donors (Lipinski definition) is 0. The average molecular weight is 304 g/mol. The highest BCUT2D eigenvalue weighted by Gasteiger charge is 2.29. The van der Waals surface area contributed by atoms with Gasteiger partial charge in [0.15, 0.2) is 0 Å². The van der Waals surface area contributed by atoms with Crippen LogP contribution in [0.25, 0.3) is 0 Å². The van der Waals surface area contributed by atoms with Crippen LogP contribution in [0, 0.1) is 11.7 Å². The fourth-order valence-corrected chi connectivity index (χ4v) is 3.67. The summed E-state index contributed by atoms with van der Waals surface area (Å²) in [4.78, 5) is 17.0. The van der Waals surface area contributed by atoms with Crippen molar-refractivity contribution >= 4 is 5.91 Å². The molecule has 0 unspecified atom stereocenters. The maximum atomic E-state index is 13.3. The van der Waals surface area contributed by atoms with E-state index in [-0.39, 0.29) is 11.7 Å². The SMILES string of the molecule is O=C([C@@H]1CCCN(Cc2cccc(F)c2)C1)N1CCCCC1. The third kappa shape index (κ3) is 3.86. The predicted octanol–water partition coefficient (Wildman–Crippen LogP) is 3.05. The van der Waals surface area contributed by atoms with Crippen LogP contribution in [0.15, 0.2) is 24.3 Å². The Hall–Kier alpha value is -1.42. The Morgan fingerprint density at radius 2 is 1.95 bits per heavy atom. The van der Waals surface area contributed by atoms with Gasteiger partial charge in [-0.05, 0) is 56.3 Å². The number of likely N-dealkylation sites (tertiary alicyclic amines) is 2. The first-order valence-electron chi connectivity index (χ1n) is 8.48. The van der Waals surface area contributed by atoms with Crippen molar-refractivity contribution in [2.24, 2.45) is 5.92 Å². The average Bonchev–Trinajstić information content (AvgIpc) is 2.55. The number of halogens is 1. The second-order valence-corrected chi connectivity index (χ2v) is 6.59. The molecule has 0 aliphatic carbocycles. The second kappa shape index (κ2) is 7.23. The van der Waals surface area contributed by atoms with Gasteiger partial charge in [0.25, 0.3) is 0 Å². The molecular formula is C18H25FN2O. The third-order valence-electron chi connectivity index (χ3n) is 4.82. The van der Waals surface area contributed by atoms with Gasteiger partial charge in [0.1, 0.15) is 5.82 Å². The van der Waals surface area contributed by atoms with E-state index in [1.807, 2.05) is 6.07 Å². The van der Waals surface area contributed by atoms with Crippen molar-refractivity contribution in [3.8, 4) is 0 Å². The van der Waals surface area contributed by atoms with Gasteiger partial charge in [-0.25, -0.2) is 4.39 Å². The molecule has 1 aromatic carbocycles. The van der Waals surface area contributed by atoms with E-state index < -0.39 is 0 Å². The van der Waals surface area contributed by atoms with Gasteiger partial charge in [-0.15, -0.1) is 0 Å². The summed E-state index contributed by atoms with van der Waals surface area (Å²) in [6, 6.07) is 6.78. The van der Waals surface area contributed by atoms with Gasteiger partial charge < -0.3 is 4.90 Å². The molecule has 0 N–H and O–H groups in total. The van der Waals surface area contributed by atoms with Crippen molar-refractivity contribution < 1.29 is 9.18 Å². The monoisotopic (exact) mass is 304 g/mol. The number of rotatable bonds is 3. The molecule has 120 valence electrons. The molecule has 2 aliphatic heterocycles. The minimum Gasteiger partial charge on any atom is -0.342 e. The quantitative estimate of drug-likeness (QED) is 0.857. The van der Waals surface area contributed by atoms with Crippen molar-refractivity contribution in [1.82, 2.24) is 9.80 Å². The van der Waals surface area contributed by atoms with Crippen LogP contribution in [0.5, 0.6) is 0 Å². The van der Waals surface area contributed by atoms with E-state index in [0.29, 0.717) is 5.91 Å². The molecule has 0 radical (unpaired) electrons. The third-order valence-corrected chi connectivity index (χ3v) is 4.82. The maximum Gasteiger partial charge on any atom is 0.226 e. The summed E-state index contributed by atoms with van der Waals surface area (Å²) in [5, 5.41) is 0. The molecule has 2 fully saturated rings. The van der Waals surface area contributed by atoms with E-state index >= 15 is 0 Å². The Morgan fingerprint density at radius 1 is 1.14 bits per heavy atom. The molecule has 22 heavy (non-hydrogen) atoms. The van der Waals surface area contributed by atoms with Crippen LogP contribution >= 0.6 is 0 Å². The first-order valence-corrected chi connectivity index (χ1v) is 8.48. The molecule has 2 saturated heterocycles. The van der Waals surface area contributed by atoms with E-state index in [2.05, 4.69) is 9.80 Å². The van der Waals surface area contributed by atoms with Gasteiger partial charge in [0.2, 0.25) is 5.91 Å². The van der Waals surface area contributed by atoms with Gasteiger partial charge in [0.05, 0.1) is 5.92 Å². The Labute approximate surface area is 132 Å². The highest BCUT2D eigenvalue weighted by atomic mass is 19.1. The molecule has 0 aromatic heterocycles. The lowest BCUT2D eigenvalue weighted by atomic mass is 9.95. The summed E-state index contributed by atoms with van der Waals surface area (Å²) >= 11 is 0. The molecule has 3 nitrogen and oxygen atoms in total. The molecule has 0 saturated carbocycles. The summed E-state index contributed by atoms with van der Waals surface area (Å²) in [6.45, 7) is 4.41. The number of nitrogens with zero attached hydrogens (tertiary/aromatic N) is 2. The first-order chi connectivity index (χ1) is 10.7. The standard InChI is InChI=1S/C18H25FN2O/c19-17-8-4-6-15(12-17)13-20-9-5-7-16(14-20)18(22)21-10-2-1-3-11-21/h4,6,8,12,16H,1-3,5,7,9-11,13-14H2/t16-/m1/s1. The number of carbonyl (C=O) groups excluding carboxylic acids is 1. The van der Waals surface area contributed by atoms with Crippen LogP contribution in [-0.2, 0) is 11.3 Å². The van der Waals surface area contributed by atoms with Crippen molar-refractivity contribution in [1.29, 1.82) is 0 Å². The lowest BCUT2D eigenvalue weighted by Crippen LogP contribution is -2.46. The van der Waals surface area contributed by atoms with Crippen molar-refractivity contribution in [3.63, 3.8) is 0 Å². The Bertz CT molecular complexity index is 514. The van der Waals surface area contributed by atoms with Crippen LogP contribution in [-0.4, -0.2) is 41.9 Å². The zero-order valence-corrected chi connectivity index (χ0v) is 13.1. The van der Waals surface area contributed by atoms with Gasteiger partial charge in [-0.2, -0.15) is 0 Å². The first kappa shape index (κ1) is 15.5. The minimum absolute atomic E-state index is 0.125. The number of carbonyl (C=O) groups is 1. The molecule has 4 heteroatoms. The predicted molar refractivity (Wildman–Crippen MR) is 84.8 cm³/mol. The van der Waals surface area contributed by atoms with E-state index in [4.69, 9.17) is 0 Å². The molecule has 1 aromatic rings. The van der Waals surface area contributed by atoms with Crippen molar-refractivity contribution in [2.75, 3.05) is 26.2 Å². The molecule has 0 spiro atoms. The maximum absolute atomic E-state index is 13.3. The smallest absolute Gasteiger partial charge is 0.226 e. The van der Waals surface area contributed by atoms with Crippen LogP contribution in [0.4, 0.5) is 4.39 Å². The molecule has 0 bridgehead atoms. The Kier molecular flexibility index (Phi) is 5.08. The van der Waals surface area contributed by atoms with E-state index in [0.717, 1.165) is 64.0 Å². The van der Waals surface area contributed by atoms with E-state index in [1.54, 1.807) is 12.1 Å². The number of benzene rings is 1. The van der Waals surface area contributed by atoms with Crippen LogP contribution in [0.2, 0.25) is 0 Å². The van der Waals surface area contributed by atoms with Crippen LogP contribution in [0.3, 0.4) is 0 Å². The second-order valence-electron chi connectivity index (χ2n) is 6.59. The molecule has 2 heterocycles. The Balaban J connectivity index is 1.57. The molecular weight excluding hydrogens is 279 g/mol. The molecule has 1 atom stereocenters. The van der Waals surface area contributed by atoms with Crippen molar-refractivity contribution in [3.05, 3.63) is 35.6 Å². The van der Waals surface area contributed by atoms with Crippen LogP contribution < -0.4 is 0 Å². The fourth-order valence-electron chi connectivity index (χ4n) is 3.67. The van der Waals surface area contributed by atoms with E-state index in [1.165, 1.54) is 12.5 Å². The summed E-state index contributed by atoms with van der Waals surface area (Å²) in [5.74, 6) is 0.277. The van der Waals surface area contributed by atoms with Gasteiger partial charge in [-0.3, -0.25) is 9.69 Å². The summed E-state index contributed by atoms with van der Waals surface area (Å²) in [6.07, 6.45) is 5.59. The van der Waals surface area contributed by atoms with Gasteiger partial charge in [-0.1, -0.05) is 12.1 Å². The summed E-state index contributed by atoms with van der Waals surface area (Å²) in [7, 11) is 0. The topological polar surface area (TPSA) is 23.6 Å². The zero-order valence-electron chi connectivity index (χ0n) is 13.1. The van der Waals surface area contributed by atoms with Crippen molar-refractivity contribution in [2.45, 2.75) is 38.6 Å². The normalized spacial score (nSPS) is 23.5. The number of hydrogen-bond acceptors (Lipinski definition) is 2. The largest absolute Gasteiger partial charge is 0.342 e. The molecule has 3 rings (SSSR count). The summed E-state index contributed by atoms with van der Waals surface area (Å²) < 4.78 is 13.3. The minimum atomic E-state index is -0.185. The lowest BCUT2D eigenvalue weighted by Gasteiger charge is -2.36. The number of piperidine rings is 2. The highest BCUT2D eigenvalue weighted by molar-refractivity contribution is 5.79. The zero-order chi connectivity index (χ0) is 15.4. The lowest BCUT2D eigenvalue weighted by molar-refractivity contribution is -0.138. The molecule has 2 aliphatic rings. The highest BCUT2D eigenvalue weighted by Crippen LogP contribution is 2.22. The fraction of sp³-hybridized carbons (Fsp3) is 0.611. The van der Waals surface area contributed by atoms with Gasteiger partial charge in [0, 0.05) is 26.2 Å². The van der Waals surface area contributed by atoms with E-state index in [9.17, 15) is 9.18 Å². The van der Waals surface area contributed by atoms with Crippen LogP contribution in [0.1, 0.15) is 37.7 Å². The van der Waals surface area contributed by atoms with Gasteiger partial charge >= 0.3 is 0 Å². The molecule has 1 amide bonds. The number of amides is 1. The summed E-state index contributed by atoms with van der Waals surface area (Å²) in [5.41, 5.74) is 0.992. The Morgan fingerprint density at radius 3 is 2.73 bits per heavy atom.